The Labute approximate surface area is 175 Å². The number of aliphatic carboxylic acids is 1. The number of nitrogens with one attached hydrogen (secondary N) is 1. The predicted molar refractivity (Wildman–Crippen MR) is 114 cm³/mol. The maximum Gasteiger partial charge on any atom is 0.324 e. The Kier molecular flexibility index (Phi) is 8.02. The van der Waals surface area contributed by atoms with Crippen LogP contribution in [0.5, 0.6) is 0 Å². The first-order valence-electron chi connectivity index (χ1n) is 10.4. The fourth-order valence-corrected chi connectivity index (χ4v) is 5.94. The van der Waals surface area contributed by atoms with Gasteiger partial charge in [-0.25, -0.2) is 9.78 Å². The number of thiazole rings is 1. The zero-order valence-corrected chi connectivity index (χ0v) is 18.2. The van der Waals surface area contributed by atoms with Crippen LogP contribution >= 0.6 is 23.1 Å². The van der Waals surface area contributed by atoms with Crippen LogP contribution in [0.15, 0.2) is 10.4 Å². The first kappa shape index (κ1) is 21.4. The number of urea groups is 1. The van der Waals surface area contributed by atoms with Gasteiger partial charge in [-0.05, 0) is 44.4 Å². The third kappa shape index (κ3) is 6.11. The molecule has 0 atom stereocenters. The van der Waals surface area contributed by atoms with Crippen LogP contribution in [0, 0.1) is 5.92 Å². The van der Waals surface area contributed by atoms with E-state index >= 15 is 0 Å². The number of carboxylic acids is 1. The van der Waals surface area contributed by atoms with Gasteiger partial charge in [0.2, 0.25) is 0 Å². The van der Waals surface area contributed by atoms with Gasteiger partial charge in [0.15, 0.2) is 5.13 Å². The van der Waals surface area contributed by atoms with Gasteiger partial charge in [-0.2, -0.15) is 0 Å². The Morgan fingerprint density at radius 3 is 2.43 bits per heavy atom. The average Bonchev–Trinajstić information content (AvgIpc) is 2.94. The van der Waals surface area contributed by atoms with Crippen LogP contribution < -0.4 is 5.32 Å². The summed E-state index contributed by atoms with van der Waals surface area (Å²) in [5, 5.41) is 12.4. The second kappa shape index (κ2) is 10.5. The van der Waals surface area contributed by atoms with Gasteiger partial charge in [0.25, 0.3) is 0 Å². The molecule has 0 unspecified atom stereocenters. The number of anilines is 1. The molecule has 2 aliphatic carbocycles. The van der Waals surface area contributed by atoms with Gasteiger partial charge >= 0.3 is 12.0 Å². The summed E-state index contributed by atoms with van der Waals surface area (Å²) in [6.45, 7) is 2.30. The van der Waals surface area contributed by atoms with Gasteiger partial charge in [-0.15, -0.1) is 11.8 Å². The highest BCUT2D eigenvalue weighted by atomic mass is 32.2. The number of amides is 2. The zero-order chi connectivity index (χ0) is 19.9. The minimum absolute atomic E-state index is 0.00401. The number of hydrogen-bond acceptors (Lipinski definition) is 5. The summed E-state index contributed by atoms with van der Waals surface area (Å²) >= 11 is 2.58. The van der Waals surface area contributed by atoms with E-state index in [0.29, 0.717) is 17.2 Å². The SMILES string of the molecule is C[C@H]1CC[C@H](N(C(=O)Nc2ncc(SCC(=O)O)s2)C2CCCCCC2)CC1. The first-order valence-corrected chi connectivity index (χ1v) is 12.2. The normalized spacial score (nSPS) is 23.8. The molecular weight excluding hydrogens is 394 g/mol. The van der Waals surface area contributed by atoms with Crippen molar-refractivity contribution in [3.63, 3.8) is 0 Å². The fourth-order valence-electron chi connectivity index (χ4n) is 4.36. The molecule has 0 bridgehead atoms. The smallest absolute Gasteiger partial charge is 0.324 e. The molecule has 0 saturated heterocycles. The van der Waals surface area contributed by atoms with Crippen LogP contribution in [0.25, 0.3) is 0 Å². The summed E-state index contributed by atoms with van der Waals surface area (Å²) in [6, 6.07) is 0.609. The molecule has 1 heterocycles. The van der Waals surface area contributed by atoms with E-state index in [1.165, 1.54) is 61.6 Å². The van der Waals surface area contributed by atoms with Crippen molar-refractivity contribution in [2.24, 2.45) is 5.92 Å². The van der Waals surface area contributed by atoms with Crippen molar-refractivity contribution in [1.82, 2.24) is 9.88 Å². The van der Waals surface area contributed by atoms with Crippen molar-refractivity contribution in [2.45, 2.75) is 87.4 Å². The maximum absolute atomic E-state index is 13.3. The second-order valence-corrected chi connectivity index (χ2v) is 10.4. The van der Waals surface area contributed by atoms with Gasteiger partial charge in [-0.1, -0.05) is 43.9 Å². The molecule has 6 nitrogen and oxygen atoms in total. The minimum atomic E-state index is -0.852. The summed E-state index contributed by atoms with van der Waals surface area (Å²) < 4.78 is 0.810. The van der Waals surface area contributed by atoms with E-state index in [2.05, 4.69) is 22.1 Å². The number of hydrogen-bond donors (Lipinski definition) is 2. The molecule has 3 rings (SSSR count). The van der Waals surface area contributed by atoms with E-state index in [0.717, 1.165) is 35.8 Å². The third-order valence-corrected chi connectivity index (χ3v) is 7.96. The molecule has 2 aliphatic rings. The molecule has 0 aromatic carbocycles. The van der Waals surface area contributed by atoms with Crippen LogP contribution in [0.3, 0.4) is 0 Å². The molecule has 0 spiro atoms. The van der Waals surface area contributed by atoms with Crippen molar-refractivity contribution in [1.29, 1.82) is 0 Å². The lowest BCUT2D eigenvalue weighted by molar-refractivity contribution is -0.133. The minimum Gasteiger partial charge on any atom is -0.481 e. The zero-order valence-electron chi connectivity index (χ0n) is 16.6. The van der Waals surface area contributed by atoms with Crippen molar-refractivity contribution in [2.75, 3.05) is 11.1 Å². The fraction of sp³-hybridized carbons (Fsp3) is 0.750. The van der Waals surface area contributed by atoms with E-state index in [1.807, 2.05) is 0 Å². The average molecular weight is 426 g/mol. The Balaban J connectivity index is 1.68. The Bertz CT molecular complexity index is 651. The summed E-state index contributed by atoms with van der Waals surface area (Å²) in [5.41, 5.74) is 0. The molecule has 2 fully saturated rings. The number of nitrogens with zero attached hydrogens (tertiary/aromatic N) is 2. The summed E-state index contributed by atoms with van der Waals surface area (Å²) in [4.78, 5) is 30.4. The molecule has 2 N–H and O–H groups in total. The highest BCUT2D eigenvalue weighted by Crippen LogP contribution is 2.33. The van der Waals surface area contributed by atoms with Crippen LogP contribution in [0.4, 0.5) is 9.93 Å². The van der Waals surface area contributed by atoms with Gasteiger partial charge in [-0.3, -0.25) is 10.1 Å². The molecule has 28 heavy (non-hydrogen) atoms. The largest absolute Gasteiger partial charge is 0.481 e. The summed E-state index contributed by atoms with van der Waals surface area (Å²) in [6.07, 6.45) is 13.3. The Morgan fingerprint density at radius 1 is 1.14 bits per heavy atom. The molecule has 8 heteroatoms. The number of rotatable bonds is 6. The van der Waals surface area contributed by atoms with E-state index in [-0.39, 0.29) is 11.8 Å². The number of carboxylic acid groups (broad SMARTS) is 1. The van der Waals surface area contributed by atoms with Crippen LogP contribution in [0.1, 0.15) is 71.1 Å². The van der Waals surface area contributed by atoms with Crippen LogP contribution in [-0.4, -0.2) is 44.8 Å². The lowest BCUT2D eigenvalue weighted by atomic mass is 9.85. The van der Waals surface area contributed by atoms with E-state index < -0.39 is 5.97 Å². The molecule has 2 amide bonds. The highest BCUT2D eigenvalue weighted by molar-refractivity contribution is 8.01. The predicted octanol–water partition coefficient (Wildman–Crippen LogP) is 5.46. The van der Waals surface area contributed by atoms with Crippen LogP contribution in [-0.2, 0) is 4.79 Å². The van der Waals surface area contributed by atoms with Gasteiger partial charge in [0.1, 0.15) is 0 Å². The monoisotopic (exact) mass is 425 g/mol. The van der Waals surface area contributed by atoms with Crippen molar-refractivity contribution in [3.8, 4) is 0 Å². The molecule has 156 valence electrons. The second-order valence-electron chi connectivity index (χ2n) is 8.06. The first-order chi connectivity index (χ1) is 13.5. The van der Waals surface area contributed by atoms with Crippen LogP contribution in [0.2, 0.25) is 0 Å². The molecule has 0 aliphatic heterocycles. The highest BCUT2D eigenvalue weighted by Gasteiger charge is 2.33. The number of carbonyl (C=O) groups is 2. The quantitative estimate of drug-likeness (QED) is 0.467. The number of thioether (sulfide) groups is 1. The van der Waals surface area contributed by atoms with Gasteiger partial charge < -0.3 is 10.0 Å². The summed E-state index contributed by atoms with van der Waals surface area (Å²) in [5.74, 6) is -0.0950. The topological polar surface area (TPSA) is 82.5 Å². The Hall–Kier alpha value is -1.28. The van der Waals surface area contributed by atoms with E-state index in [1.54, 1.807) is 6.20 Å². The lowest BCUT2D eigenvalue weighted by Crippen LogP contribution is -2.50. The third-order valence-electron chi connectivity index (χ3n) is 5.87. The molecule has 0 radical (unpaired) electrons. The van der Waals surface area contributed by atoms with Crippen molar-refractivity contribution < 1.29 is 14.7 Å². The molecular formula is C20H31N3O3S2. The summed E-state index contributed by atoms with van der Waals surface area (Å²) in [7, 11) is 0. The van der Waals surface area contributed by atoms with Crippen molar-refractivity contribution in [3.05, 3.63) is 6.20 Å². The molecule has 2 saturated carbocycles. The van der Waals surface area contributed by atoms with E-state index in [9.17, 15) is 9.59 Å². The maximum atomic E-state index is 13.3. The number of aromatic nitrogens is 1. The lowest BCUT2D eigenvalue weighted by Gasteiger charge is -2.40. The van der Waals surface area contributed by atoms with Gasteiger partial charge in [0.05, 0.1) is 16.2 Å². The van der Waals surface area contributed by atoms with E-state index in [4.69, 9.17) is 5.11 Å². The Morgan fingerprint density at radius 2 is 1.79 bits per heavy atom. The molecule has 1 aromatic rings. The number of carbonyl (C=O) groups excluding carboxylic acids is 1. The molecule has 1 aromatic heterocycles. The standard InChI is InChI=1S/C20H31N3O3S2/c1-14-8-10-16(11-9-14)23(15-6-4-2-3-5-7-15)20(26)22-19-21-12-18(28-19)27-13-17(24)25/h12,14-16H,2-11,13H2,1H3,(H,24,25)(H,21,22,26)/t14-,16-. The van der Waals surface area contributed by atoms with Gasteiger partial charge in [0, 0.05) is 12.1 Å². The van der Waals surface area contributed by atoms with Crippen molar-refractivity contribution >= 4 is 40.2 Å².